The van der Waals surface area contributed by atoms with E-state index in [0.717, 1.165) is 22.3 Å². The number of aliphatic imine (C=N–C) groups is 2. The quantitative estimate of drug-likeness (QED) is 0.102. The number of hydrogen-bond acceptors (Lipinski definition) is 6. The van der Waals surface area contributed by atoms with Crippen LogP contribution in [0.2, 0.25) is 0 Å². The number of benzene rings is 6. The van der Waals surface area contributed by atoms with Gasteiger partial charge in [0.05, 0.1) is 32.0 Å². The Morgan fingerprint density at radius 1 is 0.409 bits per heavy atom. The van der Waals surface area contributed by atoms with Crippen molar-refractivity contribution in [3.05, 3.63) is 188 Å². The molecule has 0 saturated carbocycles. The molecule has 6 aromatic carbocycles. The highest BCUT2D eigenvalue weighted by Crippen LogP contribution is 2.43. The van der Waals surface area contributed by atoms with Crippen molar-refractivity contribution in [3.63, 3.8) is 0 Å². The molecule has 8 nitrogen and oxygen atoms in total. The van der Waals surface area contributed by atoms with Gasteiger partial charge in [-0.05, 0) is 24.3 Å². The van der Waals surface area contributed by atoms with E-state index in [-0.39, 0.29) is 33.5 Å². The van der Waals surface area contributed by atoms with Gasteiger partial charge in [0.1, 0.15) is 11.4 Å². The van der Waals surface area contributed by atoms with E-state index in [1.54, 1.807) is 0 Å². The van der Waals surface area contributed by atoms with E-state index in [0.29, 0.717) is 11.4 Å². The lowest BCUT2D eigenvalue weighted by atomic mass is 10.0. The van der Waals surface area contributed by atoms with E-state index in [1.165, 1.54) is 24.3 Å². The average Bonchev–Trinajstić information content (AvgIpc) is 3.07. The molecule has 0 heterocycles. The molecule has 0 radical (unpaired) electrons. The van der Waals surface area contributed by atoms with Gasteiger partial charge < -0.3 is 0 Å². The van der Waals surface area contributed by atoms with Crippen LogP contribution in [0.4, 0.5) is 22.7 Å². The van der Waals surface area contributed by atoms with E-state index < -0.39 is 9.85 Å². The number of fused-ring (bicyclic) bond motifs is 1. The standard InChI is InChI=1S/C36H24N4O4/c41-39(42)35-29-22-24-32(38-34(27-17-9-3-10-18-27)28-19-11-4-12-20-28)36(40(43)44)30(29)21-23-31(35)37-33(25-13-5-1-6-14-25)26-15-7-2-8-16-26/h1-24H. The minimum Gasteiger partial charge on any atom is -0.258 e. The summed E-state index contributed by atoms with van der Waals surface area (Å²) in [5.41, 5.74) is 3.72. The normalized spacial score (nSPS) is 10.6. The maximum Gasteiger partial charge on any atom is 0.302 e. The Balaban J connectivity index is 1.59. The third kappa shape index (κ3) is 5.60. The molecule has 0 atom stereocenters. The molecule has 0 aliphatic rings. The van der Waals surface area contributed by atoms with Gasteiger partial charge in [-0.3, -0.25) is 20.2 Å². The minimum atomic E-state index is -0.541. The predicted molar refractivity (Wildman–Crippen MR) is 174 cm³/mol. The first-order chi connectivity index (χ1) is 21.5. The van der Waals surface area contributed by atoms with Crippen LogP contribution < -0.4 is 0 Å². The highest BCUT2D eigenvalue weighted by Gasteiger charge is 2.27. The topological polar surface area (TPSA) is 111 Å². The third-order valence-electron chi connectivity index (χ3n) is 7.12. The molecule has 0 fully saturated rings. The van der Waals surface area contributed by atoms with Gasteiger partial charge in [0.15, 0.2) is 0 Å². The fraction of sp³-hybridized carbons (Fsp3) is 0. The van der Waals surface area contributed by atoms with Crippen LogP contribution in [0.1, 0.15) is 22.3 Å². The Labute approximate surface area is 252 Å². The Hall–Kier alpha value is -6.28. The predicted octanol–water partition coefficient (Wildman–Crippen LogP) is 8.99. The van der Waals surface area contributed by atoms with E-state index in [1.807, 2.05) is 121 Å². The van der Waals surface area contributed by atoms with Crippen molar-refractivity contribution >= 4 is 44.9 Å². The molecule has 0 aromatic heterocycles. The van der Waals surface area contributed by atoms with Crippen LogP contribution in [0, 0.1) is 20.2 Å². The number of nitro groups is 2. The van der Waals surface area contributed by atoms with Crippen molar-refractivity contribution in [2.75, 3.05) is 0 Å². The summed E-state index contributed by atoms with van der Waals surface area (Å²) in [6, 6.07) is 43.4. The summed E-state index contributed by atoms with van der Waals surface area (Å²) in [6.45, 7) is 0. The van der Waals surface area contributed by atoms with Crippen LogP contribution in [-0.4, -0.2) is 21.3 Å². The fourth-order valence-corrected chi connectivity index (χ4v) is 5.13. The third-order valence-corrected chi connectivity index (χ3v) is 7.12. The Kier molecular flexibility index (Phi) is 7.79. The Bertz CT molecular complexity index is 1810. The van der Waals surface area contributed by atoms with E-state index in [2.05, 4.69) is 0 Å². The Morgan fingerprint density at radius 3 is 0.932 bits per heavy atom. The molecule has 0 amide bonds. The van der Waals surface area contributed by atoms with Crippen molar-refractivity contribution in [1.29, 1.82) is 0 Å². The molecular weight excluding hydrogens is 552 g/mol. The molecule has 8 heteroatoms. The first kappa shape index (κ1) is 27.9. The van der Waals surface area contributed by atoms with Gasteiger partial charge in [-0.2, -0.15) is 0 Å². The van der Waals surface area contributed by atoms with Crippen LogP contribution in [0.5, 0.6) is 0 Å². The molecule has 44 heavy (non-hydrogen) atoms. The SMILES string of the molecule is O=[N+]([O-])c1c(N=C(c2ccccc2)c2ccccc2)ccc2c([N+](=O)[O-])c(N=C(c3ccccc3)c3ccccc3)ccc12. The summed E-state index contributed by atoms with van der Waals surface area (Å²) >= 11 is 0. The molecule has 212 valence electrons. The maximum atomic E-state index is 12.5. The molecule has 0 aliphatic heterocycles. The van der Waals surface area contributed by atoms with Gasteiger partial charge in [-0.25, -0.2) is 9.98 Å². The van der Waals surface area contributed by atoms with Crippen molar-refractivity contribution in [1.82, 2.24) is 0 Å². The zero-order valence-corrected chi connectivity index (χ0v) is 23.3. The van der Waals surface area contributed by atoms with E-state index in [4.69, 9.17) is 9.98 Å². The number of nitro benzene ring substituents is 2. The number of nitrogens with zero attached hydrogens (tertiary/aromatic N) is 4. The van der Waals surface area contributed by atoms with Gasteiger partial charge in [0.25, 0.3) is 0 Å². The van der Waals surface area contributed by atoms with E-state index in [9.17, 15) is 20.2 Å². The summed E-state index contributed by atoms with van der Waals surface area (Å²) in [5, 5.41) is 25.3. The van der Waals surface area contributed by atoms with Gasteiger partial charge >= 0.3 is 11.4 Å². The lowest BCUT2D eigenvalue weighted by molar-refractivity contribution is -0.383. The van der Waals surface area contributed by atoms with Crippen LogP contribution >= 0.6 is 0 Å². The zero-order chi connectivity index (χ0) is 30.5. The largest absolute Gasteiger partial charge is 0.302 e. The van der Waals surface area contributed by atoms with Crippen molar-refractivity contribution in [2.45, 2.75) is 0 Å². The molecule has 6 rings (SSSR count). The summed E-state index contributed by atoms with van der Waals surface area (Å²) in [4.78, 5) is 33.5. The first-order valence-corrected chi connectivity index (χ1v) is 13.8. The smallest absolute Gasteiger partial charge is 0.258 e. The van der Waals surface area contributed by atoms with E-state index >= 15 is 0 Å². The van der Waals surface area contributed by atoms with Crippen LogP contribution in [0.3, 0.4) is 0 Å². The molecule has 6 aromatic rings. The average molecular weight is 577 g/mol. The second-order valence-corrected chi connectivity index (χ2v) is 9.86. The maximum absolute atomic E-state index is 12.5. The second kappa shape index (κ2) is 12.3. The summed E-state index contributed by atoms with van der Waals surface area (Å²) in [7, 11) is 0. The highest BCUT2D eigenvalue weighted by atomic mass is 16.6. The molecule has 0 aliphatic carbocycles. The lowest BCUT2D eigenvalue weighted by Gasteiger charge is -2.11. The number of rotatable bonds is 8. The minimum absolute atomic E-state index is 0.0880. The molecule has 0 spiro atoms. The van der Waals surface area contributed by atoms with Crippen LogP contribution in [0.15, 0.2) is 156 Å². The Morgan fingerprint density at radius 2 is 0.682 bits per heavy atom. The summed E-state index contributed by atoms with van der Waals surface area (Å²) < 4.78 is 0. The first-order valence-electron chi connectivity index (χ1n) is 13.8. The monoisotopic (exact) mass is 576 g/mol. The second-order valence-electron chi connectivity index (χ2n) is 9.86. The molecule has 0 bridgehead atoms. The molecule has 0 unspecified atom stereocenters. The van der Waals surface area contributed by atoms with Crippen LogP contribution in [0.25, 0.3) is 10.8 Å². The van der Waals surface area contributed by atoms with Gasteiger partial charge in [0.2, 0.25) is 0 Å². The number of hydrogen-bond donors (Lipinski definition) is 0. The fourth-order valence-electron chi connectivity index (χ4n) is 5.13. The van der Waals surface area contributed by atoms with Crippen molar-refractivity contribution in [2.24, 2.45) is 9.98 Å². The highest BCUT2D eigenvalue weighted by molar-refractivity contribution is 6.16. The molecular formula is C36H24N4O4. The lowest BCUT2D eigenvalue weighted by Crippen LogP contribution is -2.04. The van der Waals surface area contributed by atoms with Gasteiger partial charge in [0, 0.05) is 22.3 Å². The summed E-state index contributed by atoms with van der Waals surface area (Å²) in [5.74, 6) is 0. The van der Waals surface area contributed by atoms with Crippen LogP contribution in [-0.2, 0) is 0 Å². The summed E-state index contributed by atoms with van der Waals surface area (Å²) in [6.07, 6.45) is 0. The molecule has 0 N–H and O–H groups in total. The molecule has 0 saturated heterocycles. The van der Waals surface area contributed by atoms with Gasteiger partial charge in [-0.1, -0.05) is 121 Å². The van der Waals surface area contributed by atoms with Crippen molar-refractivity contribution in [3.8, 4) is 0 Å². The zero-order valence-electron chi connectivity index (χ0n) is 23.3. The van der Waals surface area contributed by atoms with Gasteiger partial charge in [-0.15, -0.1) is 0 Å². The van der Waals surface area contributed by atoms with Crippen molar-refractivity contribution < 1.29 is 9.85 Å².